The number of rotatable bonds is 6. The Morgan fingerprint density at radius 2 is 1.41 bits per heavy atom. The molecule has 32 heavy (non-hydrogen) atoms. The van der Waals surface area contributed by atoms with Crippen LogP contribution in [0.2, 0.25) is 0 Å². The first-order valence-electron chi connectivity index (χ1n) is 11.1. The molecule has 14 atom stereocenters. The number of nitrogens with two attached hydrogens (primary N) is 5. The summed E-state index contributed by atoms with van der Waals surface area (Å²) < 4.78 is 17.6. The molecular weight excluding hydrogens is 426 g/mol. The van der Waals surface area contributed by atoms with Gasteiger partial charge in [0.05, 0.1) is 42.6 Å². The van der Waals surface area contributed by atoms with E-state index >= 15 is 0 Å². The van der Waals surface area contributed by atoms with E-state index in [1.807, 2.05) is 0 Å². The molecule has 0 aromatic rings. The monoisotopic (exact) mass is 465 g/mol. The van der Waals surface area contributed by atoms with Crippen LogP contribution in [0.3, 0.4) is 0 Å². The molecule has 1 saturated heterocycles. The molecule has 3 rings (SSSR count). The molecule has 0 radical (unpaired) electrons. The zero-order valence-corrected chi connectivity index (χ0v) is 18.0. The predicted octanol–water partition coefficient (Wildman–Crippen LogP) is -5.63. The van der Waals surface area contributed by atoms with Crippen LogP contribution in [0.1, 0.15) is 19.3 Å². The van der Waals surface area contributed by atoms with Crippen LogP contribution < -0.4 is 28.7 Å². The van der Waals surface area contributed by atoms with Gasteiger partial charge in [-0.05, 0) is 19.3 Å². The van der Waals surface area contributed by atoms with Gasteiger partial charge in [-0.15, -0.1) is 0 Å². The standard InChI is InChI=1S/C19H39N5O8/c20-4-12-10(26)3-9(23)19(31-12)32-18-8(22)2-7(21)17(16(18)29)30-11-1-6(5-25)14(27)13(24)15(11)28/h6-19,25-29H,1-5,20-24H2/t6?,7-,8+,9?,10+,11+,12?,13+,14-,15?,16?,17+,18?,19-/m1/s1. The molecule has 6 unspecified atom stereocenters. The Morgan fingerprint density at radius 1 is 0.781 bits per heavy atom. The maximum absolute atomic E-state index is 11.0. The van der Waals surface area contributed by atoms with Crippen molar-refractivity contribution in [1.82, 2.24) is 0 Å². The minimum atomic E-state index is -1.28. The van der Waals surface area contributed by atoms with Gasteiger partial charge in [0.25, 0.3) is 0 Å². The Balaban J connectivity index is 1.70. The number of hydrogen-bond donors (Lipinski definition) is 10. The highest BCUT2D eigenvalue weighted by Crippen LogP contribution is 2.32. The van der Waals surface area contributed by atoms with Crippen molar-refractivity contribution in [1.29, 1.82) is 0 Å². The average molecular weight is 466 g/mol. The van der Waals surface area contributed by atoms with Crippen LogP contribution in [0.5, 0.6) is 0 Å². The lowest BCUT2D eigenvalue weighted by atomic mass is 9.79. The van der Waals surface area contributed by atoms with Crippen molar-refractivity contribution in [3.8, 4) is 0 Å². The second-order valence-corrected chi connectivity index (χ2v) is 9.28. The predicted molar refractivity (Wildman–Crippen MR) is 112 cm³/mol. The molecule has 1 aliphatic heterocycles. The van der Waals surface area contributed by atoms with Gasteiger partial charge in [0, 0.05) is 31.2 Å². The Kier molecular flexibility index (Phi) is 8.82. The first kappa shape index (κ1) is 26.1. The van der Waals surface area contributed by atoms with Gasteiger partial charge >= 0.3 is 0 Å². The molecule has 2 saturated carbocycles. The van der Waals surface area contributed by atoms with Crippen LogP contribution in [0.15, 0.2) is 0 Å². The summed E-state index contributed by atoms with van der Waals surface area (Å²) >= 11 is 0. The quantitative estimate of drug-likeness (QED) is 0.176. The van der Waals surface area contributed by atoms with Gasteiger partial charge in [-0.1, -0.05) is 0 Å². The van der Waals surface area contributed by atoms with Crippen molar-refractivity contribution in [2.45, 2.75) is 98.6 Å². The lowest BCUT2D eigenvalue weighted by Gasteiger charge is -2.48. The molecule has 0 bridgehead atoms. The highest BCUT2D eigenvalue weighted by atomic mass is 16.7. The van der Waals surface area contributed by atoms with Gasteiger partial charge in [0.1, 0.15) is 18.3 Å². The Hall–Kier alpha value is -0.520. The summed E-state index contributed by atoms with van der Waals surface area (Å²) in [5, 5.41) is 51.2. The summed E-state index contributed by atoms with van der Waals surface area (Å²) in [6.45, 7) is -0.260. The normalized spacial score (nSPS) is 52.7. The Morgan fingerprint density at radius 3 is 2.00 bits per heavy atom. The number of ether oxygens (including phenoxy) is 3. The molecule has 0 spiro atoms. The second-order valence-electron chi connectivity index (χ2n) is 9.28. The van der Waals surface area contributed by atoms with E-state index < -0.39 is 85.2 Å². The number of aliphatic hydroxyl groups excluding tert-OH is 5. The van der Waals surface area contributed by atoms with Gasteiger partial charge in [-0.3, -0.25) is 0 Å². The van der Waals surface area contributed by atoms with Crippen LogP contribution in [-0.2, 0) is 14.2 Å². The molecule has 0 amide bonds. The van der Waals surface area contributed by atoms with Gasteiger partial charge in [-0.25, -0.2) is 0 Å². The molecule has 2 aliphatic carbocycles. The van der Waals surface area contributed by atoms with Crippen LogP contribution in [0.25, 0.3) is 0 Å². The second kappa shape index (κ2) is 10.8. The molecule has 1 heterocycles. The Labute approximate surface area is 186 Å². The molecule has 13 heteroatoms. The maximum Gasteiger partial charge on any atom is 0.173 e. The van der Waals surface area contributed by atoms with Gasteiger partial charge < -0.3 is 68.4 Å². The van der Waals surface area contributed by atoms with Crippen molar-refractivity contribution in [3.63, 3.8) is 0 Å². The van der Waals surface area contributed by atoms with Crippen LogP contribution in [-0.4, -0.2) is 118 Å². The van der Waals surface area contributed by atoms with E-state index in [0.717, 1.165) is 0 Å². The van der Waals surface area contributed by atoms with E-state index in [1.54, 1.807) is 0 Å². The third-order valence-corrected chi connectivity index (χ3v) is 6.94. The summed E-state index contributed by atoms with van der Waals surface area (Å²) in [7, 11) is 0. The number of hydrogen-bond acceptors (Lipinski definition) is 13. The summed E-state index contributed by atoms with van der Waals surface area (Å²) in [5.41, 5.74) is 30.0. The van der Waals surface area contributed by atoms with Gasteiger partial charge in [-0.2, -0.15) is 0 Å². The third-order valence-electron chi connectivity index (χ3n) is 6.94. The van der Waals surface area contributed by atoms with E-state index in [4.69, 9.17) is 42.9 Å². The first-order chi connectivity index (χ1) is 15.1. The molecule has 3 fully saturated rings. The largest absolute Gasteiger partial charge is 0.396 e. The average Bonchev–Trinajstić information content (AvgIpc) is 2.75. The fourth-order valence-corrected chi connectivity index (χ4v) is 4.91. The maximum atomic E-state index is 11.0. The lowest BCUT2D eigenvalue weighted by molar-refractivity contribution is -0.275. The highest BCUT2D eigenvalue weighted by Gasteiger charge is 2.49. The van der Waals surface area contributed by atoms with Gasteiger partial charge in [0.15, 0.2) is 6.29 Å². The van der Waals surface area contributed by atoms with Crippen molar-refractivity contribution < 1.29 is 39.7 Å². The van der Waals surface area contributed by atoms with Crippen LogP contribution >= 0.6 is 0 Å². The molecule has 188 valence electrons. The summed E-state index contributed by atoms with van der Waals surface area (Å²) in [6, 6.07) is -3.00. The van der Waals surface area contributed by atoms with Crippen molar-refractivity contribution in [2.24, 2.45) is 34.6 Å². The SMILES string of the molecule is NCC1O[C@H](OC2C(O)[C@@H](O[C@H]3CC(CO)[C@@H](O)[C@H](N)C3O)[C@H](N)C[C@@H]2N)C(N)C[C@@H]1O. The number of aliphatic hydroxyl groups is 5. The van der Waals surface area contributed by atoms with E-state index in [2.05, 4.69) is 0 Å². The van der Waals surface area contributed by atoms with Crippen LogP contribution in [0, 0.1) is 5.92 Å². The Bertz CT molecular complexity index is 606. The zero-order chi connectivity index (χ0) is 23.7. The van der Waals surface area contributed by atoms with Crippen molar-refractivity contribution in [3.05, 3.63) is 0 Å². The topological polar surface area (TPSA) is 259 Å². The summed E-state index contributed by atoms with van der Waals surface area (Å²) in [4.78, 5) is 0. The van der Waals surface area contributed by atoms with Crippen molar-refractivity contribution in [2.75, 3.05) is 13.2 Å². The fourth-order valence-electron chi connectivity index (χ4n) is 4.91. The third kappa shape index (κ3) is 5.25. The molecule has 13 nitrogen and oxygen atoms in total. The van der Waals surface area contributed by atoms with Crippen LogP contribution in [0.4, 0.5) is 0 Å². The van der Waals surface area contributed by atoms with E-state index in [9.17, 15) is 25.5 Å². The minimum Gasteiger partial charge on any atom is -0.396 e. The highest BCUT2D eigenvalue weighted by molar-refractivity contribution is 5.02. The van der Waals surface area contributed by atoms with Gasteiger partial charge in [0.2, 0.25) is 0 Å². The lowest BCUT2D eigenvalue weighted by Crippen LogP contribution is -2.67. The molecular formula is C19H39N5O8. The van der Waals surface area contributed by atoms with E-state index in [0.29, 0.717) is 0 Å². The van der Waals surface area contributed by atoms with E-state index in [-0.39, 0.29) is 32.4 Å². The molecule has 15 N–H and O–H groups in total. The molecule has 0 aromatic carbocycles. The smallest absolute Gasteiger partial charge is 0.173 e. The zero-order valence-electron chi connectivity index (χ0n) is 18.0. The molecule has 0 aromatic heterocycles. The first-order valence-corrected chi connectivity index (χ1v) is 11.1. The summed E-state index contributed by atoms with van der Waals surface area (Å²) in [5.74, 6) is -0.585. The molecule has 3 aliphatic rings. The summed E-state index contributed by atoms with van der Waals surface area (Å²) in [6.07, 6.45) is -8.20. The van der Waals surface area contributed by atoms with Crippen molar-refractivity contribution >= 4 is 0 Å². The fraction of sp³-hybridized carbons (Fsp3) is 1.00. The van der Waals surface area contributed by atoms with E-state index in [1.165, 1.54) is 0 Å². The minimum absolute atomic E-state index is 0.0708.